The van der Waals surface area contributed by atoms with Crippen molar-refractivity contribution in [1.29, 1.82) is 0 Å². The van der Waals surface area contributed by atoms with Crippen LogP contribution in [-0.4, -0.2) is 10.5 Å². The van der Waals surface area contributed by atoms with Gasteiger partial charge in [-0.25, -0.2) is 0 Å². The average Bonchev–Trinajstić information content (AvgIpc) is 3.39. The molecule has 0 fully saturated rings. The second-order valence-electron chi connectivity index (χ2n) is 9.21. The number of benzene rings is 4. The molecule has 33 heavy (non-hydrogen) atoms. The number of rotatable bonds is 2. The third-order valence-electron chi connectivity index (χ3n) is 7.28. The molecule has 2 aliphatic rings. The molecule has 2 nitrogen and oxygen atoms in total. The topological polar surface area (TPSA) is 19.0 Å². The lowest BCUT2D eigenvalue weighted by Crippen LogP contribution is -2.42. The van der Waals surface area contributed by atoms with Crippen LogP contribution < -0.4 is 4.90 Å². The Morgan fingerprint density at radius 2 is 1.52 bits per heavy atom. The summed E-state index contributed by atoms with van der Waals surface area (Å²) in [6.07, 6.45) is 9.19. The number of nitrogens with zero attached hydrogens (tertiary/aromatic N) is 1. The molecule has 2 heteroatoms. The minimum Gasteiger partial charge on any atom is -0.354 e. The number of anilines is 2. The fourth-order valence-electron chi connectivity index (χ4n) is 5.71. The van der Waals surface area contributed by atoms with Crippen molar-refractivity contribution in [3.8, 4) is 0 Å². The molecule has 0 radical (unpaired) electrons. The van der Waals surface area contributed by atoms with Crippen LogP contribution in [-0.2, 0) is 6.42 Å². The van der Waals surface area contributed by atoms with Crippen molar-refractivity contribution in [2.45, 2.75) is 18.4 Å². The highest BCUT2D eigenvalue weighted by Crippen LogP contribution is 2.48. The van der Waals surface area contributed by atoms with E-state index in [1.807, 2.05) is 0 Å². The third kappa shape index (κ3) is 2.81. The van der Waals surface area contributed by atoms with Gasteiger partial charge in [-0.15, -0.1) is 0 Å². The molecule has 1 N–H and O–H groups in total. The first kappa shape index (κ1) is 18.5. The van der Waals surface area contributed by atoms with E-state index in [1.165, 1.54) is 49.9 Å². The van der Waals surface area contributed by atoms with Crippen LogP contribution in [0.4, 0.5) is 11.4 Å². The van der Waals surface area contributed by atoms with E-state index in [-0.39, 0.29) is 5.54 Å². The highest BCUT2D eigenvalue weighted by Gasteiger charge is 2.42. The number of hydrogen-bond donors (Lipinski definition) is 1. The number of aromatic nitrogens is 1. The molecule has 1 aliphatic heterocycles. The van der Waals surface area contributed by atoms with Gasteiger partial charge >= 0.3 is 0 Å². The SMILES string of the molecule is C1=CC2(CC=C1c1ccc3c(c1)[nH]c1ccccc13)Cc1ccccc1N2c1ccccc1. The van der Waals surface area contributed by atoms with Gasteiger partial charge in [0, 0.05) is 39.6 Å². The number of H-pyrrole nitrogens is 1. The van der Waals surface area contributed by atoms with Crippen molar-refractivity contribution >= 4 is 38.8 Å². The number of hydrogen-bond acceptors (Lipinski definition) is 1. The number of aromatic amines is 1. The molecule has 2 heterocycles. The molecule has 1 atom stereocenters. The summed E-state index contributed by atoms with van der Waals surface area (Å²) in [5, 5.41) is 2.57. The van der Waals surface area contributed by atoms with Crippen molar-refractivity contribution in [3.63, 3.8) is 0 Å². The summed E-state index contributed by atoms with van der Waals surface area (Å²) in [5.41, 5.74) is 8.89. The van der Waals surface area contributed by atoms with Gasteiger partial charge in [-0.3, -0.25) is 0 Å². The van der Waals surface area contributed by atoms with Crippen LogP contribution >= 0.6 is 0 Å². The molecular formula is C31H24N2. The minimum atomic E-state index is -0.0558. The largest absolute Gasteiger partial charge is 0.354 e. The van der Waals surface area contributed by atoms with Gasteiger partial charge in [0.05, 0.1) is 5.54 Å². The second kappa shape index (κ2) is 6.98. The highest BCUT2D eigenvalue weighted by molar-refractivity contribution is 6.08. The van der Waals surface area contributed by atoms with Crippen molar-refractivity contribution in [3.05, 3.63) is 126 Å². The maximum atomic E-state index is 3.59. The molecule has 5 aromatic rings. The molecule has 1 spiro atoms. The van der Waals surface area contributed by atoms with Gasteiger partial charge < -0.3 is 9.88 Å². The van der Waals surface area contributed by atoms with E-state index >= 15 is 0 Å². The first-order valence-corrected chi connectivity index (χ1v) is 11.6. The zero-order chi connectivity index (χ0) is 21.8. The van der Waals surface area contributed by atoms with Gasteiger partial charge in [0.1, 0.15) is 0 Å². The Kier molecular flexibility index (Phi) is 3.92. The second-order valence-corrected chi connectivity index (χ2v) is 9.21. The molecule has 0 bridgehead atoms. The number of nitrogens with one attached hydrogen (secondary N) is 1. The van der Waals surface area contributed by atoms with E-state index in [9.17, 15) is 0 Å². The van der Waals surface area contributed by atoms with Crippen LogP contribution in [0.15, 0.2) is 115 Å². The van der Waals surface area contributed by atoms with Gasteiger partial charge in [-0.1, -0.05) is 85.0 Å². The maximum absolute atomic E-state index is 3.59. The fraction of sp³-hybridized carbons (Fsp3) is 0.0968. The van der Waals surface area contributed by atoms with Crippen LogP contribution in [0.3, 0.4) is 0 Å². The number of para-hydroxylation sites is 3. The Bertz CT molecular complexity index is 1570. The Labute approximate surface area is 193 Å². The molecule has 0 saturated heterocycles. The molecule has 1 aromatic heterocycles. The molecule has 1 aliphatic carbocycles. The number of fused-ring (bicyclic) bond motifs is 4. The number of allylic oxidation sites excluding steroid dienone is 2. The summed E-state index contributed by atoms with van der Waals surface area (Å²) in [6.45, 7) is 0. The quantitative estimate of drug-likeness (QED) is 0.306. The maximum Gasteiger partial charge on any atom is 0.0712 e. The van der Waals surface area contributed by atoms with Crippen LogP contribution in [0.25, 0.3) is 27.4 Å². The normalized spacial score (nSPS) is 19.4. The molecule has 1 unspecified atom stereocenters. The van der Waals surface area contributed by atoms with E-state index in [0.29, 0.717) is 0 Å². The summed E-state index contributed by atoms with van der Waals surface area (Å²) < 4.78 is 0. The van der Waals surface area contributed by atoms with Crippen LogP contribution in [0.5, 0.6) is 0 Å². The van der Waals surface area contributed by atoms with Gasteiger partial charge in [0.2, 0.25) is 0 Å². The Balaban J connectivity index is 1.28. The minimum absolute atomic E-state index is 0.0558. The predicted molar refractivity (Wildman–Crippen MR) is 139 cm³/mol. The lowest BCUT2D eigenvalue weighted by atomic mass is 9.83. The Morgan fingerprint density at radius 3 is 2.39 bits per heavy atom. The first-order chi connectivity index (χ1) is 16.3. The van der Waals surface area contributed by atoms with Crippen molar-refractivity contribution in [2.75, 3.05) is 4.90 Å². The van der Waals surface area contributed by atoms with Crippen LogP contribution in [0.1, 0.15) is 17.5 Å². The molecule has 7 rings (SSSR count). The predicted octanol–water partition coefficient (Wildman–Crippen LogP) is 7.80. The molecular weight excluding hydrogens is 400 g/mol. The molecule has 4 aromatic carbocycles. The lowest BCUT2D eigenvalue weighted by molar-refractivity contribution is 0.546. The van der Waals surface area contributed by atoms with Crippen molar-refractivity contribution in [1.82, 2.24) is 4.98 Å². The first-order valence-electron chi connectivity index (χ1n) is 11.6. The van der Waals surface area contributed by atoms with E-state index in [0.717, 1.165) is 12.8 Å². The molecule has 0 saturated carbocycles. The van der Waals surface area contributed by atoms with Crippen molar-refractivity contribution < 1.29 is 0 Å². The van der Waals surface area contributed by atoms with Gasteiger partial charge in [0.25, 0.3) is 0 Å². The average molecular weight is 425 g/mol. The molecule has 0 amide bonds. The van der Waals surface area contributed by atoms with Gasteiger partial charge in [-0.2, -0.15) is 0 Å². The summed E-state index contributed by atoms with van der Waals surface area (Å²) in [7, 11) is 0. The lowest BCUT2D eigenvalue weighted by Gasteiger charge is -2.39. The zero-order valence-corrected chi connectivity index (χ0v) is 18.3. The van der Waals surface area contributed by atoms with Gasteiger partial charge in [-0.05, 0) is 53.5 Å². The van der Waals surface area contributed by atoms with E-state index in [2.05, 4.69) is 125 Å². The summed E-state index contributed by atoms with van der Waals surface area (Å²) in [4.78, 5) is 6.12. The van der Waals surface area contributed by atoms with Crippen LogP contribution in [0, 0.1) is 0 Å². The summed E-state index contributed by atoms with van der Waals surface area (Å²) in [6, 6.07) is 35.0. The van der Waals surface area contributed by atoms with E-state index in [4.69, 9.17) is 0 Å². The Morgan fingerprint density at radius 1 is 0.727 bits per heavy atom. The van der Waals surface area contributed by atoms with Crippen molar-refractivity contribution in [2.24, 2.45) is 0 Å². The Hall–Kier alpha value is -4.04. The highest BCUT2D eigenvalue weighted by atomic mass is 15.2. The van der Waals surface area contributed by atoms with E-state index < -0.39 is 0 Å². The van der Waals surface area contributed by atoms with E-state index in [1.54, 1.807) is 0 Å². The summed E-state index contributed by atoms with van der Waals surface area (Å²) in [5.74, 6) is 0. The summed E-state index contributed by atoms with van der Waals surface area (Å²) >= 11 is 0. The van der Waals surface area contributed by atoms with Gasteiger partial charge in [0.15, 0.2) is 0 Å². The smallest absolute Gasteiger partial charge is 0.0712 e. The third-order valence-corrected chi connectivity index (χ3v) is 7.28. The monoisotopic (exact) mass is 424 g/mol. The standard InChI is InChI=1S/C31H24N2/c1-2-9-25(10-3-1)33-30-13-7-4-8-24(30)21-31(33)18-16-22(17-19-31)23-14-15-27-26-11-5-6-12-28(26)32-29(27)20-23/h1-18,20,32H,19,21H2. The zero-order valence-electron chi connectivity index (χ0n) is 18.3. The van der Waals surface area contributed by atoms with Crippen LogP contribution in [0.2, 0.25) is 0 Å². The molecule has 158 valence electrons. The fourth-order valence-corrected chi connectivity index (χ4v) is 5.71.